The van der Waals surface area contributed by atoms with Crippen LogP contribution in [0.25, 0.3) is 0 Å². The maximum absolute atomic E-state index is 11.1. The van der Waals surface area contributed by atoms with Crippen molar-refractivity contribution in [1.82, 2.24) is 0 Å². The fraction of sp³-hybridized carbons (Fsp3) is 0.417. The molecule has 4 heteroatoms. The van der Waals surface area contributed by atoms with Crippen LogP contribution < -0.4 is 4.74 Å². The number of rotatable bonds is 4. The van der Waals surface area contributed by atoms with Crippen LogP contribution in [0.15, 0.2) is 24.3 Å². The average molecular weight is 224 g/mol. The van der Waals surface area contributed by atoms with E-state index in [1.807, 2.05) is 0 Å². The van der Waals surface area contributed by atoms with E-state index in [4.69, 9.17) is 4.74 Å². The van der Waals surface area contributed by atoms with Gasteiger partial charge in [0.1, 0.15) is 5.75 Å². The lowest BCUT2D eigenvalue weighted by Gasteiger charge is -2.13. The van der Waals surface area contributed by atoms with Crippen molar-refractivity contribution in [1.29, 1.82) is 0 Å². The number of carbonyl (C=O) groups excluding carboxylic acids is 1. The van der Waals surface area contributed by atoms with Crippen LogP contribution in [-0.2, 0) is 9.53 Å². The summed E-state index contributed by atoms with van der Waals surface area (Å²) in [4.78, 5) is 11.1. The summed E-state index contributed by atoms with van der Waals surface area (Å²) in [7, 11) is 1.32. The van der Waals surface area contributed by atoms with E-state index in [2.05, 4.69) is 4.74 Å². The second-order valence-electron chi connectivity index (χ2n) is 3.53. The van der Waals surface area contributed by atoms with Crippen molar-refractivity contribution in [3.8, 4) is 5.75 Å². The van der Waals surface area contributed by atoms with Crippen molar-refractivity contribution in [2.45, 2.75) is 26.1 Å². The monoisotopic (exact) mass is 224 g/mol. The zero-order valence-electron chi connectivity index (χ0n) is 9.64. The van der Waals surface area contributed by atoms with E-state index in [1.54, 1.807) is 38.1 Å². The molecule has 0 aliphatic heterocycles. The number of aliphatic hydroxyl groups excluding tert-OH is 1. The van der Waals surface area contributed by atoms with Gasteiger partial charge >= 0.3 is 5.97 Å². The Labute approximate surface area is 94.8 Å². The number of aliphatic hydroxyl groups is 1. The maximum atomic E-state index is 11.1. The molecule has 1 aromatic rings. The van der Waals surface area contributed by atoms with Crippen molar-refractivity contribution >= 4 is 5.97 Å². The van der Waals surface area contributed by atoms with E-state index >= 15 is 0 Å². The molecule has 0 bridgehead atoms. The first-order valence-corrected chi connectivity index (χ1v) is 5.07. The number of carbonyl (C=O) groups is 1. The fourth-order valence-corrected chi connectivity index (χ4v) is 1.24. The summed E-state index contributed by atoms with van der Waals surface area (Å²) in [5.74, 6) is 0.155. The lowest BCUT2D eigenvalue weighted by Crippen LogP contribution is -2.24. The molecule has 4 nitrogen and oxygen atoms in total. The quantitative estimate of drug-likeness (QED) is 0.790. The van der Waals surface area contributed by atoms with E-state index in [0.29, 0.717) is 5.75 Å². The third-order valence-corrected chi connectivity index (χ3v) is 2.21. The van der Waals surface area contributed by atoms with Gasteiger partial charge in [0.15, 0.2) is 6.10 Å². The Hall–Kier alpha value is -1.55. The third-order valence-electron chi connectivity index (χ3n) is 2.21. The minimum Gasteiger partial charge on any atom is -0.479 e. The number of esters is 1. The van der Waals surface area contributed by atoms with Crippen LogP contribution >= 0.6 is 0 Å². The van der Waals surface area contributed by atoms with Crippen molar-refractivity contribution < 1.29 is 19.4 Å². The predicted octanol–water partition coefficient (Wildman–Crippen LogP) is 1.68. The summed E-state index contributed by atoms with van der Waals surface area (Å²) in [5, 5.41) is 9.31. The molecule has 0 spiro atoms. The highest BCUT2D eigenvalue weighted by Crippen LogP contribution is 2.18. The van der Waals surface area contributed by atoms with Crippen LogP contribution in [0.5, 0.6) is 5.75 Å². The van der Waals surface area contributed by atoms with Gasteiger partial charge in [0, 0.05) is 0 Å². The summed E-state index contributed by atoms with van der Waals surface area (Å²) in [5.41, 5.74) is 0.804. The van der Waals surface area contributed by atoms with Crippen molar-refractivity contribution in [2.75, 3.05) is 7.11 Å². The number of methoxy groups -OCH3 is 1. The normalized spacial score (nSPS) is 14.0. The standard InChI is InChI=1S/C12H16O4/c1-8(13)10-4-6-11(7-5-10)16-9(2)12(14)15-3/h4-9,13H,1-3H3/t8-,9?/m1/s1. The second-order valence-corrected chi connectivity index (χ2v) is 3.53. The fourth-order valence-electron chi connectivity index (χ4n) is 1.24. The molecule has 0 heterocycles. The van der Waals surface area contributed by atoms with Crippen LogP contribution in [0, 0.1) is 0 Å². The molecule has 0 saturated heterocycles. The molecule has 0 saturated carbocycles. The molecule has 2 atom stereocenters. The van der Waals surface area contributed by atoms with Gasteiger partial charge in [-0.15, -0.1) is 0 Å². The van der Waals surface area contributed by atoms with Gasteiger partial charge in [-0.05, 0) is 31.5 Å². The zero-order valence-corrected chi connectivity index (χ0v) is 9.64. The minimum atomic E-state index is -0.637. The lowest BCUT2D eigenvalue weighted by atomic mass is 10.1. The smallest absolute Gasteiger partial charge is 0.346 e. The average Bonchev–Trinajstić information content (AvgIpc) is 2.28. The van der Waals surface area contributed by atoms with Crippen LogP contribution in [0.3, 0.4) is 0 Å². The Morgan fingerprint density at radius 3 is 2.25 bits per heavy atom. The van der Waals surface area contributed by atoms with E-state index in [1.165, 1.54) is 7.11 Å². The van der Waals surface area contributed by atoms with E-state index < -0.39 is 18.2 Å². The number of ether oxygens (including phenoxy) is 2. The zero-order chi connectivity index (χ0) is 12.1. The molecule has 16 heavy (non-hydrogen) atoms. The molecule has 0 radical (unpaired) electrons. The SMILES string of the molecule is COC(=O)C(C)Oc1ccc([C@@H](C)O)cc1. The first-order valence-electron chi connectivity index (χ1n) is 5.07. The Morgan fingerprint density at radius 1 is 1.25 bits per heavy atom. The molecule has 0 aromatic heterocycles. The van der Waals surface area contributed by atoms with Crippen LogP contribution in [0.1, 0.15) is 25.5 Å². The highest BCUT2D eigenvalue weighted by molar-refractivity contribution is 5.74. The first kappa shape index (κ1) is 12.5. The Bertz CT molecular complexity index is 343. The topological polar surface area (TPSA) is 55.8 Å². The van der Waals surface area contributed by atoms with Crippen LogP contribution in [-0.4, -0.2) is 24.3 Å². The number of hydrogen-bond acceptors (Lipinski definition) is 4. The van der Waals surface area contributed by atoms with Gasteiger partial charge in [-0.3, -0.25) is 0 Å². The molecule has 0 fully saturated rings. The van der Waals surface area contributed by atoms with E-state index in [9.17, 15) is 9.90 Å². The predicted molar refractivity (Wildman–Crippen MR) is 59.2 cm³/mol. The molecule has 0 aliphatic rings. The molecule has 1 aromatic carbocycles. The van der Waals surface area contributed by atoms with Gasteiger partial charge in [-0.1, -0.05) is 12.1 Å². The third kappa shape index (κ3) is 3.24. The molecule has 0 amide bonds. The van der Waals surface area contributed by atoms with Crippen molar-refractivity contribution in [3.63, 3.8) is 0 Å². The molecular weight excluding hydrogens is 208 g/mol. The molecule has 0 aliphatic carbocycles. The lowest BCUT2D eigenvalue weighted by molar-refractivity contribution is -0.147. The van der Waals surface area contributed by atoms with Crippen molar-refractivity contribution in [2.24, 2.45) is 0 Å². The molecule has 1 N–H and O–H groups in total. The Kier molecular flexibility index (Phi) is 4.31. The number of hydrogen-bond donors (Lipinski definition) is 1. The first-order chi connectivity index (χ1) is 7.54. The summed E-state index contributed by atoms with van der Waals surface area (Å²) in [6.45, 7) is 3.31. The molecule has 1 rings (SSSR count). The van der Waals surface area contributed by atoms with Gasteiger partial charge in [0.05, 0.1) is 13.2 Å². The van der Waals surface area contributed by atoms with Crippen LogP contribution in [0.2, 0.25) is 0 Å². The van der Waals surface area contributed by atoms with E-state index in [-0.39, 0.29) is 0 Å². The summed E-state index contributed by atoms with van der Waals surface area (Å²) in [6, 6.07) is 6.93. The van der Waals surface area contributed by atoms with Crippen LogP contribution in [0.4, 0.5) is 0 Å². The molecular formula is C12H16O4. The minimum absolute atomic E-state index is 0.417. The maximum Gasteiger partial charge on any atom is 0.346 e. The molecule has 88 valence electrons. The summed E-state index contributed by atoms with van der Waals surface area (Å²) >= 11 is 0. The van der Waals surface area contributed by atoms with Gasteiger partial charge in [-0.25, -0.2) is 4.79 Å². The largest absolute Gasteiger partial charge is 0.479 e. The number of benzene rings is 1. The highest BCUT2D eigenvalue weighted by Gasteiger charge is 2.14. The van der Waals surface area contributed by atoms with Gasteiger partial charge in [0.25, 0.3) is 0 Å². The summed E-state index contributed by atoms with van der Waals surface area (Å²) < 4.78 is 9.89. The molecule has 1 unspecified atom stereocenters. The Morgan fingerprint density at radius 2 is 1.81 bits per heavy atom. The van der Waals surface area contributed by atoms with Gasteiger partial charge < -0.3 is 14.6 Å². The van der Waals surface area contributed by atoms with E-state index in [0.717, 1.165) is 5.56 Å². The van der Waals surface area contributed by atoms with Gasteiger partial charge in [0.2, 0.25) is 0 Å². The summed E-state index contributed by atoms with van der Waals surface area (Å²) in [6.07, 6.45) is -1.14. The van der Waals surface area contributed by atoms with Gasteiger partial charge in [-0.2, -0.15) is 0 Å². The van der Waals surface area contributed by atoms with Crippen molar-refractivity contribution in [3.05, 3.63) is 29.8 Å². The Balaban J connectivity index is 2.65. The second kappa shape index (κ2) is 5.51. The highest BCUT2D eigenvalue weighted by atomic mass is 16.6.